The highest BCUT2D eigenvalue weighted by molar-refractivity contribution is 5.37. The van der Waals surface area contributed by atoms with E-state index in [1.807, 2.05) is 6.92 Å². The second-order valence-electron chi connectivity index (χ2n) is 7.65. The smallest absolute Gasteiger partial charge is 0.190 e. The van der Waals surface area contributed by atoms with Gasteiger partial charge in [0.15, 0.2) is 17.4 Å². The van der Waals surface area contributed by atoms with Crippen molar-refractivity contribution in [2.75, 3.05) is 6.61 Å². The lowest BCUT2D eigenvalue weighted by atomic mass is 9.51. The molecule has 1 aromatic rings. The first-order valence-electron chi connectivity index (χ1n) is 9.16. The van der Waals surface area contributed by atoms with Crippen LogP contribution in [0.3, 0.4) is 0 Å². The number of halogens is 2. The van der Waals surface area contributed by atoms with Gasteiger partial charge in [-0.25, -0.2) is 8.78 Å². The minimum Gasteiger partial charge on any atom is -0.488 e. The van der Waals surface area contributed by atoms with Gasteiger partial charge < -0.3 is 4.74 Å². The average molecular weight is 322 g/mol. The van der Waals surface area contributed by atoms with E-state index in [1.54, 1.807) is 0 Å². The van der Waals surface area contributed by atoms with E-state index in [9.17, 15) is 8.78 Å². The van der Waals surface area contributed by atoms with Gasteiger partial charge in [-0.3, -0.25) is 0 Å². The quantitative estimate of drug-likeness (QED) is 0.610. The van der Waals surface area contributed by atoms with Crippen LogP contribution >= 0.6 is 0 Å². The molecule has 0 amide bonds. The Hall–Kier alpha value is -1.12. The Labute approximate surface area is 138 Å². The van der Waals surface area contributed by atoms with Gasteiger partial charge in [-0.1, -0.05) is 20.3 Å². The predicted octanol–water partition coefficient (Wildman–Crippen LogP) is 6.15. The predicted molar refractivity (Wildman–Crippen MR) is 88.9 cm³/mol. The van der Waals surface area contributed by atoms with E-state index in [0.717, 1.165) is 31.2 Å². The first-order valence-corrected chi connectivity index (χ1v) is 9.16. The zero-order valence-corrected chi connectivity index (χ0v) is 14.4. The lowest BCUT2D eigenvalue weighted by molar-refractivity contribution is 0.0317. The number of benzene rings is 1. The summed E-state index contributed by atoms with van der Waals surface area (Å²) in [5, 5.41) is 0. The lowest BCUT2D eigenvalue weighted by Crippen LogP contribution is -2.44. The Balaban J connectivity index is 1.83. The van der Waals surface area contributed by atoms with Gasteiger partial charge in [-0.05, 0) is 79.9 Å². The maximum Gasteiger partial charge on any atom is 0.190 e. The molecule has 1 aromatic carbocycles. The highest BCUT2D eigenvalue weighted by Crippen LogP contribution is 2.59. The molecule has 128 valence electrons. The molecule has 0 aromatic heterocycles. The summed E-state index contributed by atoms with van der Waals surface area (Å²) in [5.41, 5.74) is 1.35. The molecular weight excluding hydrogens is 294 g/mol. The SMILES string of the molecule is CCCOc1c(F)cc(C23CCC(CCC)(CC2)CC3)cc1F. The third-order valence-corrected chi connectivity index (χ3v) is 6.24. The monoisotopic (exact) mass is 322 g/mol. The molecule has 3 aliphatic rings. The van der Waals surface area contributed by atoms with E-state index in [4.69, 9.17) is 4.74 Å². The normalized spacial score (nSPS) is 29.7. The number of hydrogen-bond donors (Lipinski definition) is 0. The third kappa shape index (κ3) is 2.99. The van der Waals surface area contributed by atoms with Crippen LogP contribution in [0.1, 0.15) is 77.2 Å². The molecule has 3 heteroatoms. The summed E-state index contributed by atoms with van der Waals surface area (Å²) in [5.74, 6) is -1.29. The molecule has 0 spiro atoms. The van der Waals surface area contributed by atoms with Crippen LogP contribution in [0.25, 0.3) is 0 Å². The van der Waals surface area contributed by atoms with Crippen LogP contribution in [-0.2, 0) is 5.41 Å². The van der Waals surface area contributed by atoms with Gasteiger partial charge >= 0.3 is 0 Å². The van der Waals surface area contributed by atoms with Crippen molar-refractivity contribution < 1.29 is 13.5 Å². The summed E-state index contributed by atoms with van der Waals surface area (Å²) < 4.78 is 33.9. The first-order chi connectivity index (χ1) is 11.0. The third-order valence-electron chi connectivity index (χ3n) is 6.24. The maximum atomic E-state index is 14.3. The molecule has 3 fully saturated rings. The summed E-state index contributed by atoms with van der Waals surface area (Å²) in [7, 11) is 0. The van der Waals surface area contributed by atoms with Crippen molar-refractivity contribution in [3.63, 3.8) is 0 Å². The lowest BCUT2D eigenvalue weighted by Gasteiger charge is -2.54. The fourth-order valence-corrected chi connectivity index (χ4v) is 4.81. The van der Waals surface area contributed by atoms with Crippen molar-refractivity contribution in [2.24, 2.45) is 5.41 Å². The topological polar surface area (TPSA) is 9.23 Å². The molecule has 3 saturated carbocycles. The highest BCUT2D eigenvalue weighted by Gasteiger charge is 2.49. The Morgan fingerprint density at radius 2 is 1.48 bits per heavy atom. The number of hydrogen-bond acceptors (Lipinski definition) is 1. The number of fused-ring (bicyclic) bond motifs is 3. The van der Waals surface area contributed by atoms with E-state index in [1.165, 1.54) is 44.2 Å². The molecular formula is C20H28F2O. The summed E-state index contributed by atoms with van der Waals surface area (Å²) in [4.78, 5) is 0. The van der Waals surface area contributed by atoms with E-state index >= 15 is 0 Å². The minimum atomic E-state index is -0.543. The first kappa shape index (κ1) is 16.7. The van der Waals surface area contributed by atoms with Crippen molar-refractivity contribution in [1.29, 1.82) is 0 Å². The molecule has 0 aliphatic heterocycles. The molecule has 0 heterocycles. The fraction of sp³-hybridized carbons (Fsp3) is 0.700. The van der Waals surface area contributed by atoms with Crippen molar-refractivity contribution in [3.05, 3.63) is 29.3 Å². The van der Waals surface area contributed by atoms with Crippen molar-refractivity contribution in [3.8, 4) is 5.75 Å². The second-order valence-corrected chi connectivity index (χ2v) is 7.65. The van der Waals surface area contributed by atoms with Crippen LogP contribution in [0, 0.1) is 17.0 Å². The van der Waals surface area contributed by atoms with Gasteiger partial charge in [0.25, 0.3) is 0 Å². The minimum absolute atomic E-state index is 0.0134. The summed E-state index contributed by atoms with van der Waals surface area (Å²) in [6.07, 6.45) is 10.1. The van der Waals surface area contributed by atoms with Crippen molar-refractivity contribution >= 4 is 0 Å². The average Bonchev–Trinajstić information content (AvgIpc) is 2.56. The maximum absolute atomic E-state index is 14.3. The van der Waals surface area contributed by atoms with Gasteiger partial charge in [0.05, 0.1) is 6.61 Å². The van der Waals surface area contributed by atoms with Crippen LogP contribution in [0.4, 0.5) is 8.78 Å². The van der Waals surface area contributed by atoms with Crippen LogP contribution in [0.2, 0.25) is 0 Å². The van der Waals surface area contributed by atoms with E-state index in [2.05, 4.69) is 6.92 Å². The molecule has 4 rings (SSSR count). The molecule has 0 radical (unpaired) electrons. The zero-order chi connectivity index (χ0) is 16.5. The van der Waals surface area contributed by atoms with Crippen molar-refractivity contribution in [2.45, 2.75) is 77.0 Å². The Bertz CT molecular complexity index is 519. The highest BCUT2D eigenvalue weighted by atomic mass is 19.1. The number of rotatable bonds is 6. The Kier molecular flexibility index (Phi) is 4.66. The van der Waals surface area contributed by atoms with E-state index in [0.29, 0.717) is 12.0 Å². The fourth-order valence-electron chi connectivity index (χ4n) is 4.81. The van der Waals surface area contributed by atoms with Crippen molar-refractivity contribution in [1.82, 2.24) is 0 Å². The number of ether oxygens (including phenoxy) is 1. The van der Waals surface area contributed by atoms with Gasteiger partial charge in [0.1, 0.15) is 0 Å². The van der Waals surface area contributed by atoms with E-state index in [-0.39, 0.29) is 11.2 Å². The summed E-state index contributed by atoms with van der Waals surface area (Å²) in [6, 6.07) is 3.07. The Morgan fingerprint density at radius 3 is 1.96 bits per heavy atom. The standard InChI is InChI=1S/C20H28F2O/c1-3-5-19-6-9-20(10-7-19,11-8-19)15-13-16(21)18(17(22)14-15)23-12-4-2/h13-14H,3-12H2,1-2H3. The van der Waals surface area contributed by atoms with E-state index < -0.39 is 11.6 Å². The largest absolute Gasteiger partial charge is 0.488 e. The van der Waals surface area contributed by atoms with Crippen LogP contribution in [0.15, 0.2) is 12.1 Å². The Morgan fingerprint density at radius 1 is 0.913 bits per heavy atom. The van der Waals surface area contributed by atoms with Gasteiger partial charge in [0, 0.05) is 0 Å². The second kappa shape index (κ2) is 6.41. The molecule has 2 bridgehead atoms. The van der Waals surface area contributed by atoms with Crippen LogP contribution in [-0.4, -0.2) is 6.61 Å². The molecule has 1 nitrogen and oxygen atoms in total. The van der Waals surface area contributed by atoms with Gasteiger partial charge in [-0.15, -0.1) is 0 Å². The molecule has 0 saturated heterocycles. The van der Waals surface area contributed by atoms with Crippen LogP contribution in [0.5, 0.6) is 5.75 Å². The van der Waals surface area contributed by atoms with Crippen LogP contribution < -0.4 is 4.74 Å². The molecule has 0 atom stereocenters. The van der Waals surface area contributed by atoms with Gasteiger partial charge in [-0.2, -0.15) is 0 Å². The molecule has 3 aliphatic carbocycles. The summed E-state index contributed by atoms with van der Waals surface area (Å²) >= 11 is 0. The molecule has 0 N–H and O–H groups in total. The zero-order valence-electron chi connectivity index (χ0n) is 14.4. The van der Waals surface area contributed by atoms with Gasteiger partial charge in [0.2, 0.25) is 0 Å². The molecule has 0 unspecified atom stereocenters. The molecule has 23 heavy (non-hydrogen) atoms. The summed E-state index contributed by atoms with van der Waals surface area (Å²) in [6.45, 7) is 4.53.